The van der Waals surface area contributed by atoms with E-state index in [9.17, 15) is 0 Å². The smallest absolute Gasteiger partial charge is 0.191 e. The van der Waals surface area contributed by atoms with Crippen molar-refractivity contribution in [3.63, 3.8) is 0 Å². The zero-order chi connectivity index (χ0) is 15.6. The van der Waals surface area contributed by atoms with Crippen LogP contribution in [0, 0.1) is 5.41 Å². The zero-order valence-electron chi connectivity index (χ0n) is 14.4. The first-order chi connectivity index (χ1) is 10.0. The Morgan fingerprint density at radius 3 is 2.55 bits per heavy atom. The minimum absolute atomic E-state index is 0. The first-order valence-corrected chi connectivity index (χ1v) is 7.93. The van der Waals surface area contributed by atoms with E-state index < -0.39 is 0 Å². The molecule has 0 saturated carbocycles. The predicted molar refractivity (Wildman–Crippen MR) is 106 cm³/mol. The van der Waals surface area contributed by atoms with E-state index in [2.05, 4.69) is 48.3 Å². The summed E-state index contributed by atoms with van der Waals surface area (Å²) in [6, 6.07) is 5.91. The van der Waals surface area contributed by atoms with Gasteiger partial charge < -0.3 is 10.6 Å². The number of rotatable bonds is 7. The molecule has 0 unspecified atom stereocenters. The molecule has 0 bridgehead atoms. The molecule has 0 radical (unpaired) electrons. The fraction of sp³-hybridized carbons (Fsp3) is 0.647. The van der Waals surface area contributed by atoms with Gasteiger partial charge in [-0.3, -0.25) is 4.98 Å². The van der Waals surface area contributed by atoms with Gasteiger partial charge in [-0.05, 0) is 37.3 Å². The molecule has 4 nitrogen and oxygen atoms in total. The molecule has 0 fully saturated rings. The van der Waals surface area contributed by atoms with Crippen LogP contribution in [0.4, 0.5) is 0 Å². The summed E-state index contributed by atoms with van der Waals surface area (Å²) < 4.78 is 0. The van der Waals surface area contributed by atoms with Crippen LogP contribution in [0.1, 0.15) is 52.7 Å². The van der Waals surface area contributed by atoms with E-state index in [1.54, 1.807) is 6.20 Å². The van der Waals surface area contributed by atoms with Crippen molar-refractivity contribution >= 4 is 29.9 Å². The molecule has 5 heteroatoms. The van der Waals surface area contributed by atoms with Gasteiger partial charge in [-0.2, -0.15) is 0 Å². The van der Waals surface area contributed by atoms with E-state index in [0.29, 0.717) is 12.0 Å². The largest absolute Gasteiger partial charge is 0.357 e. The van der Waals surface area contributed by atoms with Crippen LogP contribution in [0.3, 0.4) is 0 Å². The number of hydrogen-bond acceptors (Lipinski definition) is 2. The number of nitrogens with one attached hydrogen (secondary N) is 2. The predicted octanol–water partition coefficient (Wildman–Crippen LogP) is 3.97. The summed E-state index contributed by atoms with van der Waals surface area (Å²) in [4.78, 5) is 8.85. The Labute approximate surface area is 152 Å². The van der Waals surface area contributed by atoms with Crippen molar-refractivity contribution in [2.45, 2.75) is 53.5 Å². The second-order valence-corrected chi connectivity index (χ2v) is 6.46. The SMILES string of the molecule is CCNC(=NCc1ccccn1)NCCCCC(C)(C)C.I. The van der Waals surface area contributed by atoms with Gasteiger partial charge in [-0.1, -0.05) is 33.3 Å². The Kier molecular flexibility index (Phi) is 11.2. The average molecular weight is 418 g/mol. The molecule has 0 amide bonds. The fourth-order valence-electron chi connectivity index (χ4n) is 1.98. The van der Waals surface area contributed by atoms with E-state index in [1.165, 1.54) is 19.3 Å². The van der Waals surface area contributed by atoms with Crippen LogP contribution in [0.5, 0.6) is 0 Å². The van der Waals surface area contributed by atoms with Gasteiger partial charge in [0.15, 0.2) is 5.96 Å². The maximum atomic E-state index is 4.56. The maximum Gasteiger partial charge on any atom is 0.191 e. The topological polar surface area (TPSA) is 49.3 Å². The Morgan fingerprint density at radius 1 is 1.18 bits per heavy atom. The lowest BCUT2D eigenvalue weighted by Crippen LogP contribution is -2.37. The normalized spacial score (nSPS) is 11.7. The molecular formula is C17H31IN4. The summed E-state index contributed by atoms with van der Waals surface area (Å²) >= 11 is 0. The van der Waals surface area contributed by atoms with Crippen LogP contribution >= 0.6 is 24.0 Å². The molecule has 0 aliphatic heterocycles. The lowest BCUT2D eigenvalue weighted by atomic mass is 9.90. The van der Waals surface area contributed by atoms with Crippen molar-refractivity contribution in [2.24, 2.45) is 10.4 Å². The van der Waals surface area contributed by atoms with Crippen molar-refractivity contribution in [1.82, 2.24) is 15.6 Å². The van der Waals surface area contributed by atoms with E-state index in [1.807, 2.05) is 18.2 Å². The standard InChI is InChI=1S/C17H30N4.HI/c1-5-18-16(20-13-9-7-11-17(2,3)4)21-14-15-10-6-8-12-19-15;/h6,8,10,12H,5,7,9,11,13-14H2,1-4H3,(H2,18,20,21);1H. The third kappa shape index (κ3) is 10.8. The monoisotopic (exact) mass is 418 g/mol. The molecule has 1 aromatic heterocycles. The van der Waals surface area contributed by atoms with Gasteiger partial charge in [0.25, 0.3) is 0 Å². The van der Waals surface area contributed by atoms with Gasteiger partial charge in [0.1, 0.15) is 0 Å². The Bertz CT molecular complexity index is 412. The molecule has 1 heterocycles. The van der Waals surface area contributed by atoms with Gasteiger partial charge in [-0.15, -0.1) is 24.0 Å². The van der Waals surface area contributed by atoms with E-state index in [0.717, 1.165) is 24.7 Å². The number of aromatic nitrogens is 1. The summed E-state index contributed by atoms with van der Waals surface area (Å²) in [7, 11) is 0. The van der Waals surface area contributed by atoms with Crippen LogP contribution in [-0.4, -0.2) is 24.0 Å². The fourth-order valence-corrected chi connectivity index (χ4v) is 1.98. The number of pyridine rings is 1. The summed E-state index contributed by atoms with van der Waals surface area (Å²) in [5, 5.41) is 6.66. The first-order valence-electron chi connectivity index (χ1n) is 7.93. The number of unbranched alkanes of at least 4 members (excludes halogenated alkanes) is 1. The second-order valence-electron chi connectivity index (χ2n) is 6.46. The van der Waals surface area contributed by atoms with Crippen LogP contribution < -0.4 is 10.6 Å². The molecule has 1 rings (SSSR count). The highest BCUT2D eigenvalue weighted by molar-refractivity contribution is 14.0. The van der Waals surface area contributed by atoms with Gasteiger partial charge in [0.05, 0.1) is 12.2 Å². The molecular weight excluding hydrogens is 387 g/mol. The third-order valence-corrected chi connectivity index (χ3v) is 3.12. The highest BCUT2D eigenvalue weighted by Crippen LogP contribution is 2.21. The highest BCUT2D eigenvalue weighted by Gasteiger charge is 2.08. The number of hydrogen-bond donors (Lipinski definition) is 2. The van der Waals surface area contributed by atoms with E-state index in [-0.39, 0.29) is 24.0 Å². The van der Waals surface area contributed by atoms with E-state index >= 15 is 0 Å². The molecule has 0 aliphatic rings. The summed E-state index contributed by atoms with van der Waals surface area (Å²) in [6.45, 7) is 11.4. The molecule has 0 aliphatic carbocycles. The Hall–Kier alpha value is -0.850. The van der Waals surface area contributed by atoms with Crippen molar-refractivity contribution < 1.29 is 0 Å². The van der Waals surface area contributed by atoms with E-state index in [4.69, 9.17) is 0 Å². The average Bonchev–Trinajstić information content (AvgIpc) is 2.44. The highest BCUT2D eigenvalue weighted by atomic mass is 127. The maximum absolute atomic E-state index is 4.56. The lowest BCUT2D eigenvalue weighted by Gasteiger charge is -2.18. The van der Waals surface area contributed by atoms with Crippen molar-refractivity contribution in [3.8, 4) is 0 Å². The number of nitrogens with zero attached hydrogens (tertiary/aromatic N) is 2. The van der Waals surface area contributed by atoms with Gasteiger partial charge >= 0.3 is 0 Å². The Morgan fingerprint density at radius 2 is 1.95 bits per heavy atom. The van der Waals surface area contributed by atoms with Crippen molar-refractivity contribution in [3.05, 3.63) is 30.1 Å². The van der Waals surface area contributed by atoms with Crippen molar-refractivity contribution in [1.29, 1.82) is 0 Å². The van der Waals surface area contributed by atoms with Crippen LogP contribution in [0.25, 0.3) is 0 Å². The molecule has 22 heavy (non-hydrogen) atoms. The molecule has 0 spiro atoms. The minimum atomic E-state index is 0. The van der Waals surface area contributed by atoms with Crippen LogP contribution in [0.15, 0.2) is 29.4 Å². The summed E-state index contributed by atoms with van der Waals surface area (Å²) in [5.74, 6) is 0.874. The number of halogens is 1. The Balaban J connectivity index is 0.00000441. The number of guanidine groups is 1. The molecule has 0 atom stereocenters. The molecule has 2 N–H and O–H groups in total. The number of aliphatic imine (C=N–C) groups is 1. The van der Waals surface area contributed by atoms with Crippen molar-refractivity contribution in [2.75, 3.05) is 13.1 Å². The summed E-state index contributed by atoms with van der Waals surface area (Å²) in [6.07, 6.45) is 5.48. The molecule has 0 saturated heterocycles. The van der Waals surface area contributed by atoms with Gasteiger partial charge in [-0.25, -0.2) is 4.99 Å². The molecule has 126 valence electrons. The van der Waals surface area contributed by atoms with Gasteiger partial charge in [0, 0.05) is 19.3 Å². The summed E-state index contributed by atoms with van der Waals surface area (Å²) in [5.41, 5.74) is 1.42. The first kappa shape index (κ1) is 21.1. The van der Waals surface area contributed by atoms with Gasteiger partial charge in [0.2, 0.25) is 0 Å². The zero-order valence-corrected chi connectivity index (χ0v) is 16.7. The second kappa shape index (κ2) is 11.7. The quantitative estimate of drug-likeness (QED) is 0.305. The molecule has 1 aromatic rings. The lowest BCUT2D eigenvalue weighted by molar-refractivity contribution is 0.360. The molecule has 0 aromatic carbocycles. The van der Waals surface area contributed by atoms with Crippen LogP contribution in [0.2, 0.25) is 0 Å². The minimum Gasteiger partial charge on any atom is -0.357 e. The van der Waals surface area contributed by atoms with Crippen LogP contribution in [-0.2, 0) is 6.54 Å². The third-order valence-electron chi connectivity index (χ3n) is 3.12.